The molecule has 0 saturated carbocycles. The third-order valence-corrected chi connectivity index (χ3v) is 4.40. The Kier molecular flexibility index (Phi) is 5.51. The molecule has 2 N–H and O–H groups in total. The molecular weight excluding hydrogens is 270 g/mol. The van der Waals surface area contributed by atoms with Crippen LogP contribution in [0.1, 0.15) is 34.3 Å². The summed E-state index contributed by atoms with van der Waals surface area (Å²) in [6.45, 7) is 1.77. The van der Waals surface area contributed by atoms with E-state index >= 15 is 0 Å². The fourth-order valence-corrected chi connectivity index (χ4v) is 3.30. The van der Waals surface area contributed by atoms with Gasteiger partial charge in [0.2, 0.25) is 0 Å². The number of hydrogen-bond donors (Lipinski definition) is 2. The second-order valence-electron chi connectivity index (χ2n) is 4.85. The maximum atomic E-state index is 12.2. The third-order valence-electron chi connectivity index (χ3n) is 3.35. The van der Waals surface area contributed by atoms with Crippen molar-refractivity contribution >= 4 is 17.7 Å². The topological polar surface area (TPSA) is 49.3 Å². The van der Waals surface area contributed by atoms with Gasteiger partial charge in [0.1, 0.15) is 6.61 Å². The predicted molar refractivity (Wildman–Crippen MR) is 83.0 cm³/mol. The van der Waals surface area contributed by atoms with Crippen LogP contribution in [0, 0.1) is 18.8 Å². The molecule has 1 saturated heterocycles. The minimum Gasteiger partial charge on any atom is -0.384 e. The fourth-order valence-electron chi connectivity index (χ4n) is 2.19. The van der Waals surface area contributed by atoms with E-state index in [0.29, 0.717) is 11.6 Å². The van der Waals surface area contributed by atoms with E-state index in [0.717, 1.165) is 35.5 Å². The van der Waals surface area contributed by atoms with Crippen molar-refractivity contribution < 1.29 is 9.90 Å². The van der Waals surface area contributed by atoms with Crippen LogP contribution in [0.15, 0.2) is 18.2 Å². The summed E-state index contributed by atoms with van der Waals surface area (Å²) in [5.74, 6) is 7.74. The maximum Gasteiger partial charge on any atom is 0.251 e. The number of benzene rings is 1. The Morgan fingerprint density at radius 1 is 1.45 bits per heavy atom. The van der Waals surface area contributed by atoms with Gasteiger partial charge in [-0.3, -0.25) is 4.79 Å². The van der Waals surface area contributed by atoms with Crippen molar-refractivity contribution in [3.8, 4) is 11.8 Å². The lowest BCUT2D eigenvalue weighted by Gasteiger charge is -2.22. The van der Waals surface area contributed by atoms with E-state index in [1.807, 2.05) is 30.8 Å². The molecule has 1 aliphatic heterocycles. The molecule has 1 aliphatic rings. The molecule has 1 fully saturated rings. The summed E-state index contributed by atoms with van der Waals surface area (Å²) < 4.78 is 0. The first-order chi connectivity index (χ1) is 9.70. The zero-order chi connectivity index (χ0) is 14.4. The van der Waals surface area contributed by atoms with Crippen molar-refractivity contribution in [2.24, 2.45) is 0 Å². The van der Waals surface area contributed by atoms with Crippen LogP contribution in [0.5, 0.6) is 0 Å². The van der Waals surface area contributed by atoms with Gasteiger partial charge in [0.25, 0.3) is 5.91 Å². The largest absolute Gasteiger partial charge is 0.384 e. The molecule has 0 radical (unpaired) electrons. The molecule has 20 heavy (non-hydrogen) atoms. The van der Waals surface area contributed by atoms with Gasteiger partial charge in [0.05, 0.1) is 0 Å². The molecule has 0 spiro atoms. The molecule has 3 nitrogen and oxygen atoms in total. The molecule has 1 amide bonds. The summed E-state index contributed by atoms with van der Waals surface area (Å²) >= 11 is 1.95. The molecule has 0 unspecified atom stereocenters. The van der Waals surface area contributed by atoms with Gasteiger partial charge in [-0.2, -0.15) is 11.8 Å². The van der Waals surface area contributed by atoms with Crippen LogP contribution in [0.2, 0.25) is 0 Å². The number of nitrogens with one attached hydrogen (secondary N) is 1. The lowest BCUT2D eigenvalue weighted by Crippen LogP contribution is -2.37. The Labute approximate surface area is 124 Å². The quantitative estimate of drug-likeness (QED) is 0.818. The van der Waals surface area contributed by atoms with Gasteiger partial charge in [-0.05, 0) is 55.0 Å². The minimum atomic E-state index is -0.151. The second-order valence-corrected chi connectivity index (χ2v) is 6.07. The maximum absolute atomic E-state index is 12.2. The first-order valence-electron chi connectivity index (χ1n) is 6.79. The molecule has 0 aliphatic carbocycles. The molecule has 1 aromatic rings. The number of carbonyl (C=O) groups is 1. The Hall–Kier alpha value is -1.44. The zero-order valence-corrected chi connectivity index (χ0v) is 12.4. The highest BCUT2D eigenvalue weighted by atomic mass is 32.2. The summed E-state index contributed by atoms with van der Waals surface area (Å²) in [7, 11) is 0. The Morgan fingerprint density at radius 3 is 2.85 bits per heavy atom. The normalized spacial score (nSPS) is 15.3. The highest BCUT2D eigenvalue weighted by molar-refractivity contribution is 7.99. The number of hydrogen-bond acceptors (Lipinski definition) is 3. The predicted octanol–water partition coefficient (Wildman–Crippen LogP) is 1.96. The molecule has 0 bridgehead atoms. The molecule has 1 heterocycles. The number of thioether (sulfide) groups is 1. The summed E-state index contributed by atoms with van der Waals surface area (Å²) in [6, 6.07) is 5.79. The number of carbonyl (C=O) groups excluding carboxylic acids is 1. The fraction of sp³-hybridized carbons (Fsp3) is 0.438. The average Bonchev–Trinajstić information content (AvgIpc) is 2.47. The van der Waals surface area contributed by atoms with Gasteiger partial charge in [0, 0.05) is 17.2 Å². The van der Waals surface area contributed by atoms with Gasteiger partial charge in [-0.15, -0.1) is 0 Å². The van der Waals surface area contributed by atoms with Crippen LogP contribution in [0.4, 0.5) is 0 Å². The van der Waals surface area contributed by atoms with Crippen LogP contribution in [-0.2, 0) is 0 Å². The van der Waals surface area contributed by atoms with Crippen LogP contribution in [0.3, 0.4) is 0 Å². The van der Waals surface area contributed by atoms with Gasteiger partial charge < -0.3 is 10.4 Å². The summed E-state index contributed by atoms with van der Waals surface area (Å²) in [5, 5.41) is 11.8. The van der Waals surface area contributed by atoms with Gasteiger partial charge in [-0.1, -0.05) is 11.8 Å². The zero-order valence-electron chi connectivity index (χ0n) is 11.6. The summed E-state index contributed by atoms with van der Waals surface area (Å²) in [6.07, 6.45) is 2.10. The molecule has 0 aromatic heterocycles. The average molecular weight is 289 g/mol. The summed E-state index contributed by atoms with van der Waals surface area (Å²) in [5.41, 5.74) is 2.48. The standard InChI is InChI=1S/C16H19NO2S/c1-12-11-14(5-4-13(12)3-2-8-18)16(19)17-15-6-9-20-10-7-15/h4-5,11,15,18H,6-10H2,1H3,(H,17,19). The molecule has 0 atom stereocenters. The van der Waals surface area contributed by atoms with Crippen LogP contribution in [-0.4, -0.2) is 35.2 Å². The van der Waals surface area contributed by atoms with Crippen LogP contribution in [0.25, 0.3) is 0 Å². The van der Waals surface area contributed by atoms with Crippen LogP contribution < -0.4 is 5.32 Å². The Morgan fingerprint density at radius 2 is 2.20 bits per heavy atom. The highest BCUT2D eigenvalue weighted by Crippen LogP contribution is 2.18. The Balaban J connectivity index is 2.04. The lowest BCUT2D eigenvalue weighted by atomic mass is 10.0. The first-order valence-corrected chi connectivity index (χ1v) is 7.95. The van der Waals surface area contributed by atoms with Crippen molar-refractivity contribution in [1.82, 2.24) is 5.32 Å². The lowest BCUT2D eigenvalue weighted by molar-refractivity contribution is 0.0935. The number of aliphatic hydroxyl groups excluding tert-OH is 1. The van der Waals surface area contributed by atoms with E-state index in [1.165, 1.54) is 0 Å². The van der Waals surface area contributed by atoms with E-state index in [2.05, 4.69) is 17.2 Å². The smallest absolute Gasteiger partial charge is 0.251 e. The summed E-state index contributed by atoms with van der Waals surface area (Å²) in [4.78, 5) is 12.2. The molecule has 1 aromatic carbocycles. The monoisotopic (exact) mass is 289 g/mol. The first kappa shape index (κ1) is 15.0. The third kappa shape index (κ3) is 4.03. The number of aliphatic hydroxyl groups is 1. The van der Waals surface area contributed by atoms with Crippen molar-refractivity contribution in [3.05, 3.63) is 34.9 Å². The van der Waals surface area contributed by atoms with Gasteiger partial charge >= 0.3 is 0 Å². The molecule has 2 rings (SSSR count). The molecular formula is C16H19NO2S. The van der Waals surface area contributed by atoms with Crippen molar-refractivity contribution in [3.63, 3.8) is 0 Å². The second kappa shape index (κ2) is 7.37. The molecule has 4 heteroatoms. The van der Waals surface area contributed by atoms with E-state index < -0.39 is 0 Å². The molecule has 106 valence electrons. The number of rotatable bonds is 2. The number of aryl methyl sites for hydroxylation is 1. The van der Waals surface area contributed by atoms with Gasteiger partial charge in [0.15, 0.2) is 0 Å². The van der Waals surface area contributed by atoms with E-state index in [1.54, 1.807) is 6.07 Å². The van der Waals surface area contributed by atoms with E-state index in [-0.39, 0.29) is 12.5 Å². The van der Waals surface area contributed by atoms with E-state index in [9.17, 15) is 4.79 Å². The minimum absolute atomic E-state index is 0.00772. The van der Waals surface area contributed by atoms with E-state index in [4.69, 9.17) is 5.11 Å². The van der Waals surface area contributed by atoms with Crippen molar-refractivity contribution in [2.75, 3.05) is 18.1 Å². The highest BCUT2D eigenvalue weighted by Gasteiger charge is 2.17. The van der Waals surface area contributed by atoms with Crippen LogP contribution >= 0.6 is 11.8 Å². The van der Waals surface area contributed by atoms with Gasteiger partial charge in [-0.25, -0.2) is 0 Å². The Bertz CT molecular complexity index is 539. The van der Waals surface area contributed by atoms with Crippen molar-refractivity contribution in [1.29, 1.82) is 0 Å². The number of amides is 1. The SMILES string of the molecule is Cc1cc(C(=O)NC2CCSCC2)ccc1C#CCO. The van der Waals surface area contributed by atoms with Crippen molar-refractivity contribution in [2.45, 2.75) is 25.8 Å².